The molecule has 2 rings (SSSR count). The Labute approximate surface area is 98.9 Å². The van der Waals surface area contributed by atoms with Crippen LogP contribution in [0.5, 0.6) is 0 Å². The number of halogens is 2. The van der Waals surface area contributed by atoms with E-state index in [-0.39, 0.29) is 11.6 Å². The van der Waals surface area contributed by atoms with E-state index in [0.717, 1.165) is 0 Å². The third-order valence-corrected chi connectivity index (χ3v) is 2.78. The van der Waals surface area contributed by atoms with Crippen molar-refractivity contribution >= 4 is 0 Å². The lowest BCUT2D eigenvalue weighted by Gasteiger charge is -2.14. The Morgan fingerprint density at radius 1 is 1.00 bits per heavy atom. The Bertz CT molecular complexity index is 537. The Hall–Kier alpha value is -1.74. The molecule has 0 aliphatic rings. The highest BCUT2D eigenvalue weighted by molar-refractivity contribution is 5.34. The van der Waals surface area contributed by atoms with E-state index in [1.807, 2.05) is 0 Å². The van der Waals surface area contributed by atoms with Crippen molar-refractivity contribution in [1.29, 1.82) is 0 Å². The van der Waals surface area contributed by atoms with Crippen molar-refractivity contribution in [1.82, 2.24) is 0 Å². The van der Waals surface area contributed by atoms with E-state index in [1.165, 1.54) is 12.1 Å². The maximum absolute atomic E-state index is 13.6. The van der Waals surface area contributed by atoms with Crippen LogP contribution in [-0.4, -0.2) is 0 Å². The number of benzene rings is 2. The molecule has 0 spiro atoms. The minimum atomic E-state index is -0.574. The van der Waals surface area contributed by atoms with Gasteiger partial charge < -0.3 is 5.73 Å². The quantitative estimate of drug-likeness (QED) is 0.846. The van der Waals surface area contributed by atoms with E-state index in [0.29, 0.717) is 16.7 Å². The maximum Gasteiger partial charge on any atom is 0.128 e. The van der Waals surface area contributed by atoms with E-state index in [1.54, 1.807) is 37.3 Å². The van der Waals surface area contributed by atoms with Gasteiger partial charge in [0.2, 0.25) is 0 Å². The fourth-order valence-electron chi connectivity index (χ4n) is 1.77. The Morgan fingerprint density at radius 3 is 2.35 bits per heavy atom. The summed E-state index contributed by atoms with van der Waals surface area (Å²) in [7, 11) is 0. The van der Waals surface area contributed by atoms with E-state index in [4.69, 9.17) is 5.73 Å². The van der Waals surface area contributed by atoms with Crippen LogP contribution in [0.2, 0.25) is 0 Å². The number of aryl methyl sites for hydroxylation is 1. The molecule has 2 aromatic carbocycles. The van der Waals surface area contributed by atoms with Crippen molar-refractivity contribution in [3.05, 3.63) is 70.8 Å². The second kappa shape index (κ2) is 4.63. The van der Waals surface area contributed by atoms with Crippen molar-refractivity contribution in [2.75, 3.05) is 0 Å². The molecule has 0 saturated carbocycles. The minimum Gasteiger partial charge on any atom is -0.320 e. The van der Waals surface area contributed by atoms with Gasteiger partial charge in [-0.2, -0.15) is 0 Å². The average Bonchev–Trinajstić information content (AvgIpc) is 2.32. The molecule has 0 amide bonds. The number of rotatable bonds is 2. The fraction of sp³-hybridized carbons (Fsp3) is 0.143. The first-order valence-electron chi connectivity index (χ1n) is 5.35. The first kappa shape index (κ1) is 11.7. The predicted molar refractivity (Wildman–Crippen MR) is 63.6 cm³/mol. The van der Waals surface area contributed by atoms with Gasteiger partial charge in [-0.05, 0) is 30.2 Å². The van der Waals surface area contributed by atoms with Crippen molar-refractivity contribution in [2.24, 2.45) is 5.73 Å². The smallest absolute Gasteiger partial charge is 0.128 e. The number of hydrogen-bond donors (Lipinski definition) is 1. The molecular formula is C14H13F2N. The minimum absolute atomic E-state index is 0.283. The van der Waals surface area contributed by atoms with E-state index in [2.05, 4.69) is 0 Å². The van der Waals surface area contributed by atoms with Gasteiger partial charge in [0, 0.05) is 5.56 Å². The molecule has 0 aliphatic carbocycles. The summed E-state index contributed by atoms with van der Waals surface area (Å²) in [5.41, 5.74) is 7.60. The van der Waals surface area contributed by atoms with Gasteiger partial charge in [-0.15, -0.1) is 0 Å². The lowest BCUT2D eigenvalue weighted by Crippen LogP contribution is -2.13. The van der Waals surface area contributed by atoms with Gasteiger partial charge >= 0.3 is 0 Å². The molecule has 0 aromatic heterocycles. The zero-order valence-corrected chi connectivity index (χ0v) is 9.45. The topological polar surface area (TPSA) is 26.0 Å². The van der Waals surface area contributed by atoms with Crippen molar-refractivity contribution in [3.63, 3.8) is 0 Å². The zero-order chi connectivity index (χ0) is 12.4. The largest absolute Gasteiger partial charge is 0.320 e. The van der Waals surface area contributed by atoms with Gasteiger partial charge in [0.25, 0.3) is 0 Å². The molecular weight excluding hydrogens is 220 g/mol. The van der Waals surface area contributed by atoms with Crippen LogP contribution in [0.1, 0.15) is 22.7 Å². The first-order valence-corrected chi connectivity index (χ1v) is 5.35. The number of hydrogen-bond acceptors (Lipinski definition) is 1. The highest BCUT2D eigenvalue weighted by atomic mass is 19.1. The van der Waals surface area contributed by atoms with E-state index in [9.17, 15) is 8.78 Å². The highest BCUT2D eigenvalue weighted by Gasteiger charge is 2.13. The van der Waals surface area contributed by atoms with Crippen molar-refractivity contribution in [2.45, 2.75) is 13.0 Å². The molecule has 1 nitrogen and oxygen atoms in total. The summed E-state index contributed by atoms with van der Waals surface area (Å²) in [6, 6.07) is 10.4. The highest BCUT2D eigenvalue weighted by Crippen LogP contribution is 2.23. The number of nitrogens with two attached hydrogens (primary N) is 1. The summed E-state index contributed by atoms with van der Waals surface area (Å²) >= 11 is 0. The van der Waals surface area contributed by atoms with Gasteiger partial charge in [-0.1, -0.05) is 30.3 Å². The molecule has 1 atom stereocenters. The van der Waals surface area contributed by atoms with Gasteiger partial charge in [0.05, 0.1) is 6.04 Å². The third kappa shape index (κ3) is 2.34. The molecule has 0 radical (unpaired) electrons. The van der Waals surface area contributed by atoms with Crippen LogP contribution in [0.3, 0.4) is 0 Å². The molecule has 2 N–H and O–H groups in total. The van der Waals surface area contributed by atoms with Gasteiger partial charge in [-0.25, -0.2) is 8.78 Å². The molecule has 0 bridgehead atoms. The van der Waals surface area contributed by atoms with E-state index < -0.39 is 6.04 Å². The van der Waals surface area contributed by atoms with Crippen LogP contribution in [0.25, 0.3) is 0 Å². The molecule has 0 fully saturated rings. The summed E-state index contributed by atoms with van der Waals surface area (Å²) in [6.07, 6.45) is 0. The van der Waals surface area contributed by atoms with E-state index >= 15 is 0 Å². The monoisotopic (exact) mass is 233 g/mol. The van der Waals surface area contributed by atoms with Gasteiger partial charge in [0.15, 0.2) is 0 Å². The molecule has 88 valence electrons. The van der Waals surface area contributed by atoms with Crippen LogP contribution in [-0.2, 0) is 0 Å². The molecule has 0 saturated heterocycles. The summed E-state index contributed by atoms with van der Waals surface area (Å²) in [5, 5.41) is 0. The van der Waals surface area contributed by atoms with Gasteiger partial charge in [-0.3, -0.25) is 0 Å². The standard InChI is InChI=1S/C14H13F2N/c1-9-8-10(6-7-12(9)15)14(17)11-4-2-3-5-13(11)16/h2-8,14H,17H2,1H3. The van der Waals surface area contributed by atoms with Crippen LogP contribution >= 0.6 is 0 Å². The summed E-state index contributed by atoms with van der Waals surface area (Å²) in [4.78, 5) is 0. The van der Waals surface area contributed by atoms with Crippen LogP contribution in [0.15, 0.2) is 42.5 Å². The third-order valence-electron chi connectivity index (χ3n) is 2.78. The fourth-order valence-corrected chi connectivity index (χ4v) is 1.77. The Kier molecular flexibility index (Phi) is 3.20. The molecule has 17 heavy (non-hydrogen) atoms. The zero-order valence-electron chi connectivity index (χ0n) is 9.45. The van der Waals surface area contributed by atoms with Crippen LogP contribution < -0.4 is 5.73 Å². The summed E-state index contributed by atoms with van der Waals surface area (Å²) in [6.45, 7) is 1.66. The molecule has 1 unspecified atom stereocenters. The van der Waals surface area contributed by atoms with Gasteiger partial charge in [0.1, 0.15) is 11.6 Å². The summed E-state index contributed by atoms with van der Waals surface area (Å²) in [5.74, 6) is -0.628. The second-order valence-corrected chi connectivity index (χ2v) is 4.01. The lowest BCUT2D eigenvalue weighted by molar-refractivity contribution is 0.597. The SMILES string of the molecule is Cc1cc(C(N)c2ccccc2F)ccc1F. The molecule has 0 aliphatic heterocycles. The second-order valence-electron chi connectivity index (χ2n) is 4.01. The maximum atomic E-state index is 13.6. The lowest BCUT2D eigenvalue weighted by atomic mass is 9.98. The van der Waals surface area contributed by atoms with Crippen molar-refractivity contribution < 1.29 is 8.78 Å². The molecule has 2 aromatic rings. The first-order chi connectivity index (χ1) is 8.09. The van der Waals surface area contributed by atoms with Crippen LogP contribution in [0.4, 0.5) is 8.78 Å². The molecule has 3 heteroatoms. The van der Waals surface area contributed by atoms with Crippen LogP contribution in [0, 0.1) is 18.6 Å². The Morgan fingerprint density at radius 2 is 1.71 bits per heavy atom. The summed E-state index contributed by atoms with van der Waals surface area (Å²) < 4.78 is 26.7. The molecule has 0 heterocycles. The average molecular weight is 233 g/mol. The predicted octanol–water partition coefficient (Wildman–Crippen LogP) is 3.32. The normalized spacial score (nSPS) is 12.5. The Balaban J connectivity index is 2.40. The van der Waals surface area contributed by atoms with Crippen molar-refractivity contribution in [3.8, 4) is 0 Å².